The summed E-state index contributed by atoms with van der Waals surface area (Å²) >= 11 is 0. The summed E-state index contributed by atoms with van der Waals surface area (Å²) in [6.45, 7) is 6.02. The largest absolute Gasteiger partial charge is 0.453 e. The summed E-state index contributed by atoms with van der Waals surface area (Å²) in [5.74, 6) is 0. The number of hydrogen-bond acceptors (Lipinski definition) is 2. The molecule has 0 spiro atoms. The minimum atomic E-state index is -0.405. The highest BCUT2D eigenvalue weighted by atomic mass is 16.5. The van der Waals surface area contributed by atoms with Gasteiger partial charge >= 0.3 is 6.09 Å². The number of nitrogens with one attached hydrogen (secondary N) is 1. The Morgan fingerprint density at radius 2 is 1.82 bits per heavy atom. The van der Waals surface area contributed by atoms with Crippen molar-refractivity contribution in [2.75, 3.05) is 7.11 Å². The Kier molecular flexibility index (Phi) is 4.76. The van der Waals surface area contributed by atoms with Crippen LogP contribution in [0.5, 0.6) is 0 Å². The molecule has 0 heterocycles. The SMILES string of the molecule is COC(=O)NC(C)/C(C)=C(/C)c1ccccc1. The molecule has 0 aromatic heterocycles. The van der Waals surface area contributed by atoms with Gasteiger partial charge in [-0.05, 0) is 37.5 Å². The van der Waals surface area contributed by atoms with Crippen molar-refractivity contribution in [1.82, 2.24) is 5.32 Å². The van der Waals surface area contributed by atoms with Crippen LogP contribution in [0.1, 0.15) is 26.3 Å². The van der Waals surface area contributed by atoms with Crippen LogP contribution >= 0.6 is 0 Å². The van der Waals surface area contributed by atoms with E-state index in [4.69, 9.17) is 0 Å². The van der Waals surface area contributed by atoms with Gasteiger partial charge in [0.25, 0.3) is 0 Å². The molecule has 1 N–H and O–H groups in total. The summed E-state index contributed by atoms with van der Waals surface area (Å²) in [5.41, 5.74) is 3.47. The second-order valence-electron chi connectivity index (χ2n) is 4.03. The first-order chi connectivity index (χ1) is 8.06. The molecule has 0 aliphatic carbocycles. The van der Waals surface area contributed by atoms with Gasteiger partial charge in [-0.25, -0.2) is 4.79 Å². The molecule has 92 valence electrons. The minimum Gasteiger partial charge on any atom is -0.453 e. The standard InChI is InChI=1S/C14H19NO2/c1-10(12(3)15-14(16)17-4)11(2)13-8-6-5-7-9-13/h5-9,12H,1-4H3,(H,15,16)/b11-10-. The molecule has 0 aliphatic heterocycles. The highest BCUT2D eigenvalue weighted by Gasteiger charge is 2.11. The fourth-order valence-electron chi connectivity index (χ4n) is 1.58. The molecule has 1 rings (SSSR count). The molecule has 0 saturated heterocycles. The predicted molar refractivity (Wildman–Crippen MR) is 69.7 cm³/mol. The molecule has 0 fully saturated rings. The Balaban J connectivity index is 2.86. The van der Waals surface area contributed by atoms with Crippen molar-refractivity contribution in [2.45, 2.75) is 26.8 Å². The maximum absolute atomic E-state index is 11.1. The molecule has 0 radical (unpaired) electrons. The number of amides is 1. The molecular formula is C14H19NO2. The lowest BCUT2D eigenvalue weighted by Crippen LogP contribution is -2.33. The lowest BCUT2D eigenvalue weighted by Gasteiger charge is -2.17. The van der Waals surface area contributed by atoms with Crippen LogP contribution in [-0.2, 0) is 4.74 Å². The molecule has 0 saturated carbocycles. The Morgan fingerprint density at radius 1 is 1.24 bits per heavy atom. The fraction of sp³-hybridized carbons (Fsp3) is 0.357. The van der Waals surface area contributed by atoms with Crippen molar-refractivity contribution in [3.63, 3.8) is 0 Å². The number of alkyl carbamates (subject to hydrolysis) is 1. The van der Waals surface area contributed by atoms with Crippen LogP contribution in [0.15, 0.2) is 35.9 Å². The van der Waals surface area contributed by atoms with Crippen LogP contribution < -0.4 is 5.32 Å². The van der Waals surface area contributed by atoms with E-state index in [0.717, 1.165) is 5.57 Å². The molecule has 1 aromatic rings. The topological polar surface area (TPSA) is 38.3 Å². The van der Waals surface area contributed by atoms with Gasteiger partial charge in [0.05, 0.1) is 13.2 Å². The Bertz CT molecular complexity index is 409. The highest BCUT2D eigenvalue weighted by molar-refractivity contribution is 5.71. The first-order valence-corrected chi connectivity index (χ1v) is 5.63. The molecule has 1 unspecified atom stereocenters. The van der Waals surface area contributed by atoms with Gasteiger partial charge in [0.15, 0.2) is 0 Å². The van der Waals surface area contributed by atoms with Crippen molar-refractivity contribution in [1.29, 1.82) is 0 Å². The Labute approximate surface area is 102 Å². The number of methoxy groups -OCH3 is 1. The van der Waals surface area contributed by atoms with Crippen molar-refractivity contribution in [3.8, 4) is 0 Å². The maximum Gasteiger partial charge on any atom is 0.407 e. The summed E-state index contributed by atoms with van der Waals surface area (Å²) in [6.07, 6.45) is -0.405. The summed E-state index contributed by atoms with van der Waals surface area (Å²) < 4.78 is 4.58. The molecule has 1 amide bonds. The van der Waals surface area contributed by atoms with E-state index >= 15 is 0 Å². The van der Waals surface area contributed by atoms with Crippen molar-refractivity contribution in [3.05, 3.63) is 41.5 Å². The molecule has 3 nitrogen and oxygen atoms in total. The van der Waals surface area contributed by atoms with E-state index < -0.39 is 6.09 Å². The zero-order chi connectivity index (χ0) is 12.8. The molecule has 0 bridgehead atoms. The van der Waals surface area contributed by atoms with Crippen LogP contribution in [0, 0.1) is 0 Å². The number of ether oxygens (including phenoxy) is 1. The monoisotopic (exact) mass is 233 g/mol. The fourth-order valence-corrected chi connectivity index (χ4v) is 1.58. The number of allylic oxidation sites excluding steroid dienone is 1. The van der Waals surface area contributed by atoms with Crippen LogP contribution in [0.3, 0.4) is 0 Å². The van der Waals surface area contributed by atoms with Crippen LogP contribution in [-0.4, -0.2) is 19.2 Å². The van der Waals surface area contributed by atoms with E-state index in [0.29, 0.717) is 0 Å². The molecule has 1 atom stereocenters. The smallest absolute Gasteiger partial charge is 0.407 e. The predicted octanol–water partition coefficient (Wildman–Crippen LogP) is 3.22. The van der Waals surface area contributed by atoms with Crippen LogP contribution in [0.4, 0.5) is 4.79 Å². The number of carbonyl (C=O) groups excluding carboxylic acids is 1. The molecule has 0 aliphatic rings. The van der Waals surface area contributed by atoms with Gasteiger partial charge < -0.3 is 10.1 Å². The second-order valence-corrected chi connectivity index (χ2v) is 4.03. The van der Waals surface area contributed by atoms with E-state index in [1.807, 2.05) is 32.0 Å². The second kappa shape index (κ2) is 6.09. The van der Waals surface area contributed by atoms with Crippen molar-refractivity contribution < 1.29 is 9.53 Å². The minimum absolute atomic E-state index is 0.0392. The van der Waals surface area contributed by atoms with Crippen LogP contribution in [0.2, 0.25) is 0 Å². The van der Waals surface area contributed by atoms with Gasteiger partial charge in [0, 0.05) is 0 Å². The number of carbonyl (C=O) groups is 1. The summed E-state index contributed by atoms with van der Waals surface area (Å²) in [6, 6.07) is 10.1. The number of benzene rings is 1. The van der Waals surface area contributed by atoms with Gasteiger partial charge in [-0.2, -0.15) is 0 Å². The highest BCUT2D eigenvalue weighted by Crippen LogP contribution is 2.19. The zero-order valence-electron chi connectivity index (χ0n) is 10.8. The number of rotatable bonds is 3. The molecule has 17 heavy (non-hydrogen) atoms. The maximum atomic E-state index is 11.1. The average Bonchev–Trinajstić information content (AvgIpc) is 2.37. The van der Waals surface area contributed by atoms with E-state index in [1.54, 1.807) is 0 Å². The van der Waals surface area contributed by atoms with E-state index in [9.17, 15) is 4.79 Å². The Hall–Kier alpha value is -1.77. The van der Waals surface area contributed by atoms with E-state index in [2.05, 4.69) is 29.1 Å². The van der Waals surface area contributed by atoms with E-state index in [-0.39, 0.29) is 6.04 Å². The van der Waals surface area contributed by atoms with Crippen molar-refractivity contribution in [2.24, 2.45) is 0 Å². The normalized spacial score (nSPS) is 13.6. The van der Waals surface area contributed by atoms with E-state index in [1.165, 1.54) is 18.2 Å². The first kappa shape index (κ1) is 13.3. The lowest BCUT2D eigenvalue weighted by molar-refractivity contribution is 0.169. The Morgan fingerprint density at radius 3 is 2.35 bits per heavy atom. The van der Waals surface area contributed by atoms with Gasteiger partial charge in [0.2, 0.25) is 0 Å². The van der Waals surface area contributed by atoms with Gasteiger partial charge in [-0.3, -0.25) is 0 Å². The lowest BCUT2D eigenvalue weighted by atomic mass is 9.98. The van der Waals surface area contributed by atoms with Gasteiger partial charge in [0.1, 0.15) is 0 Å². The first-order valence-electron chi connectivity index (χ1n) is 5.63. The van der Waals surface area contributed by atoms with Crippen LogP contribution in [0.25, 0.3) is 5.57 Å². The summed E-state index contributed by atoms with van der Waals surface area (Å²) in [7, 11) is 1.37. The van der Waals surface area contributed by atoms with Gasteiger partial charge in [-0.1, -0.05) is 30.3 Å². The average molecular weight is 233 g/mol. The molecule has 3 heteroatoms. The third-order valence-electron chi connectivity index (χ3n) is 2.97. The summed E-state index contributed by atoms with van der Waals surface area (Å²) in [5, 5.41) is 2.76. The third-order valence-corrected chi connectivity index (χ3v) is 2.97. The van der Waals surface area contributed by atoms with Crippen molar-refractivity contribution >= 4 is 11.7 Å². The quantitative estimate of drug-likeness (QED) is 0.870. The van der Waals surface area contributed by atoms with Gasteiger partial charge in [-0.15, -0.1) is 0 Å². The number of hydrogen-bond donors (Lipinski definition) is 1. The zero-order valence-corrected chi connectivity index (χ0v) is 10.8. The molecule has 1 aromatic carbocycles. The summed E-state index contributed by atoms with van der Waals surface area (Å²) in [4.78, 5) is 11.1. The molecular weight excluding hydrogens is 214 g/mol. The third kappa shape index (κ3) is 3.63.